The fourth-order valence-corrected chi connectivity index (χ4v) is 3.15. The predicted molar refractivity (Wildman–Crippen MR) is 91.9 cm³/mol. The third kappa shape index (κ3) is 2.90. The number of nitrogens with zero attached hydrogens (tertiary/aromatic N) is 1. The molecule has 0 N–H and O–H groups in total. The van der Waals surface area contributed by atoms with E-state index in [9.17, 15) is 4.79 Å². The number of carbonyl (C=O) groups excluding carboxylic acids is 1. The van der Waals surface area contributed by atoms with Crippen molar-refractivity contribution in [1.29, 1.82) is 0 Å². The van der Waals surface area contributed by atoms with Gasteiger partial charge in [-0.3, -0.25) is 4.79 Å². The average molecular weight is 321 g/mol. The van der Waals surface area contributed by atoms with E-state index in [1.54, 1.807) is 6.07 Å². The second-order valence-electron chi connectivity index (χ2n) is 6.06. The fraction of sp³-hybridized carbons (Fsp3) is 0.300. The summed E-state index contributed by atoms with van der Waals surface area (Å²) in [5.41, 5.74) is 2.87. The SMILES string of the molecule is O=C1c2ccccc2N=C(c2ccccc2)C1OC1CCCCO1. The van der Waals surface area contributed by atoms with Crippen LogP contribution in [0.3, 0.4) is 0 Å². The summed E-state index contributed by atoms with van der Waals surface area (Å²) in [6.45, 7) is 0.681. The lowest BCUT2D eigenvalue weighted by Gasteiger charge is -2.30. The Morgan fingerprint density at radius 1 is 1.00 bits per heavy atom. The number of rotatable bonds is 3. The number of benzene rings is 2. The molecule has 1 saturated heterocycles. The van der Waals surface area contributed by atoms with E-state index < -0.39 is 6.10 Å². The van der Waals surface area contributed by atoms with Crippen molar-refractivity contribution in [2.75, 3.05) is 6.61 Å². The van der Waals surface area contributed by atoms with Gasteiger partial charge in [-0.15, -0.1) is 0 Å². The van der Waals surface area contributed by atoms with Crippen LogP contribution in [0, 0.1) is 0 Å². The lowest BCUT2D eigenvalue weighted by molar-refractivity contribution is -0.166. The van der Waals surface area contributed by atoms with Crippen LogP contribution in [0.25, 0.3) is 0 Å². The molecule has 0 amide bonds. The first kappa shape index (κ1) is 15.2. The van der Waals surface area contributed by atoms with Crippen molar-refractivity contribution in [2.24, 2.45) is 4.99 Å². The van der Waals surface area contributed by atoms with Gasteiger partial charge in [0.25, 0.3) is 0 Å². The Hall–Kier alpha value is -2.30. The van der Waals surface area contributed by atoms with Crippen LogP contribution in [0.2, 0.25) is 0 Å². The number of ketones is 1. The first-order chi connectivity index (χ1) is 11.8. The van der Waals surface area contributed by atoms with Crippen molar-refractivity contribution in [1.82, 2.24) is 0 Å². The number of carbonyl (C=O) groups is 1. The van der Waals surface area contributed by atoms with Crippen molar-refractivity contribution >= 4 is 17.2 Å². The summed E-state index contributed by atoms with van der Waals surface area (Å²) < 4.78 is 11.7. The highest BCUT2D eigenvalue weighted by Crippen LogP contribution is 2.30. The number of hydrogen-bond acceptors (Lipinski definition) is 4. The lowest BCUT2D eigenvalue weighted by atomic mass is 9.93. The zero-order chi connectivity index (χ0) is 16.4. The van der Waals surface area contributed by atoms with E-state index in [1.165, 1.54) is 0 Å². The highest BCUT2D eigenvalue weighted by Gasteiger charge is 2.35. The molecule has 0 saturated carbocycles. The molecule has 4 nitrogen and oxygen atoms in total. The van der Waals surface area contributed by atoms with Crippen LogP contribution in [-0.4, -0.2) is 30.5 Å². The minimum Gasteiger partial charge on any atom is -0.353 e. The van der Waals surface area contributed by atoms with E-state index in [1.807, 2.05) is 48.5 Å². The number of para-hydroxylation sites is 1. The minimum absolute atomic E-state index is 0.0476. The number of Topliss-reactive ketones (excluding diaryl/α,β-unsaturated/α-hetero) is 1. The molecule has 1 fully saturated rings. The molecule has 0 radical (unpaired) electrons. The maximum Gasteiger partial charge on any atom is 0.200 e. The van der Waals surface area contributed by atoms with Crippen LogP contribution in [0.1, 0.15) is 35.2 Å². The second kappa shape index (κ2) is 6.67. The minimum atomic E-state index is -0.717. The third-order valence-electron chi connectivity index (χ3n) is 4.39. The van der Waals surface area contributed by atoms with Crippen molar-refractivity contribution < 1.29 is 14.3 Å². The van der Waals surface area contributed by atoms with Gasteiger partial charge in [0, 0.05) is 12.2 Å². The van der Waals surface area contributed by atoms with Crippen LogP contribution in [0.5, 0.6) is 0 Å². The monoisotopic (exact) mass is 321 g/mol. The largest absolute Gasteiger partial charge is 0.353 e. The van der Waals surface area contributed by atoms with Crippen molar-refractivity contribution in [3.8, 4) is 0 Å². The van der Waals surface area contributed by atoms with Crippen LogP contribution < -0.4 is 0 Å². The first-order valence-corrected chi connectivity index (χ1v) is 8.37. The summed E-state index contributed by atoms with van der Waals surface area (Å²) in [7, 11) is 0. The third-order valence-corrected chi connectivity index (χ3v) is 4.39. The molecule has 4 rings (SSSR count). The molecule has 2 atom stereocenters. The number of ether oxygens (including phenoxy) is 2. The zero-order valence-electron chi connectivity index (χ0n) is 13.4. The Morgan fingerprint density at radius 3 is 2.58 bits per heavy atom. The van der Waals surface area contributed by atoms with E-state index in [0.29, 0.717) is 23.6 Å². The summed E-state index contributed by atoms with van der Waals surface area (Å²) in [6, 6.07) is 17.2. The van der Waals surface area contributed by atoms with E-state index >= 15 is 0 Å². The summed E-state index contributed by atoms with van der Waals surface area (Å²) in [5, 5.41) is 0. The Balaban J connectivity index is 1.73. The van der Waals surface area contributed by atoms with Gasteiger partial charge in [0.15, 0.2) is 18.2 Å². The van der Waals surface area contributed by atoms with Gasteiger partial charge in [0.05, 0.1) is 11.4 Å². The van der Waals surface area contributed by atoms with Crippen molar-refractivity contribution in [2.45, 2.75) is 31.7 Å². The second-order valence-corrected chi connectivity index (χ2v) is 6.06. The number of aliphatic imine (C=N–C) groups is 1. The van der Waals surface area contributed by atoms with Gasteiger partial charge in [-0.2, -0.15) is 0 Å². The molecule has 2 heterocycles. The summed E-state index contributed by atoms with van der Waals surface area (Å²) in [6.07, 6.45) is 1.85. The molecule has 2 aromatic carbocycles. The van der Waals surface area contributed by atoms with Gasteiger partial charge < -0.3 is 9.47 Å². The van der Waals surface area contributed by atoms with Crippen molar-refractivity contribution in [3.05, 3.63) is 65.7 Å². The molecule has 2 aliphatic rings. The number of hydrogen-bond donors (Lipinski definition) is 0. The molecule has 122 valence electrons. The van der Waals surface area contributed by atoms with Crippen LogP contribution >= 0.6 is 0 Å². The summed E-state index contributed by atoms with van der Waals surface area (Å²) in [5.74, 6) is -0.0476. The maximum absolute atomic E-state index is 13.0. The predicted octanol–water partition coefficient (Wildman–Crippen LogP) is 3.92. The maximum atomic E-state index is 13.0. The number of fused-ring (bicyclic) bond motifs is 1. The zero-order valence-corrected chi connectivity index (χ0v) is 13.4. The molecule has 0 spiro atoms. The molecule has 2 unspecified atom stereocenters. The van der Waals surface area contributed by atoms with Gasteiger partial charge >= 0.3 is 0 Å². The Labute approximate surface area is 141 Å². The Kier molecular flexibility index (Phi) is 4.24. The van der Waals surface area contributed by atoms with E-state index in [0.717, 1.165) is 24.8 Å². The Morgan fingerprint density at radius 2 is 1.79 bits per heavy atom. The first-order valence-electron chi connectivity index (χ1n) is 8.37. The van der Waals surface area contributed by atoms with E-state index in [2.05, 4.69) is 0 Å². The van der Waals surface area contributed by atoms with Crippen LogP contribution in [0.4, 0.5) is 5.69 Å². The van der Waals surface area contributed by atoms with Crippen molar-refractivity contribution in [3.63, 3.8) is 0 Å². The van der Waals surface area contributed by atoms with Crippen LogP contribution in [-0.2, 0) is 9.47 Å². The molecular formula is C20H19NO3. The highest BCUT2D eigenvalue weighted by atomic mass is 16.7. The van der Waals surface area contributed by atoms with Gasteiger partial charge in [-0.25, -0.2) is 4.99 Å². The summed E-state index contributed by atoms with van der Waals surface area (Å²) in [4.78, 5) is 17.7. The molecule has 2 aliphatic heterocycles. The topological polar surface area (TPSA) is 47.9 Å². The molecule has 0 bridgehead atoms. The normalized spacial score (nSPS) is 23.5. The molecule has 0 aromatic heterocycles. The Bertz CT molecular complexity index is 763. The summed E-state index contributed by atoms with van der Waals surface area (Å²) >= 11 is 0. The molecule has 4 heteroatoms. The van der Waals surface area contributed by atoms with E-state index in [4.69, 9.17) is 14.5 Å². The molecule has 2 aromatic rings. The van der Waals surface area contributed by atoms with Gasteiger partial charge in [0.2, 0.25) is 0 Å². The molecular weight excluding hydrogens is 302 g/mol. The van der Waals surface area contributed by atoms with Crippen LogP contribution in [0.15, 0.2) is 59.6 Å². The molecule has 24 heavy (non-hydrogen) atoms. The van der Waals surface area contributed by atoms with Gasteiger partial charge in [-0.05, 0) is 37.0 Å². The fourth-order valence-electron chi connectivity index (χ4n) is 3.15. The standard InChI is InChI=1S/C20H19NO3/c22-19-15-10-4-5-11-16(15)21-18(14-8-2-1-3-9-14)20(19)24-17-12-6-7-13-23-17/h1-5,8-11,17,20H,6-7,12-13H2. The highest BCUT2D eigenvalue weighted by molar-refractivity contribution is 6.25. The quantitative estimate of drug-likeness (QED) is 0.861. The average Bonchev–Trinajstić information content (AvgIpc) is 2.65. The van der Waals surface area contributed by atoms with Gasteiger partial charge in [-0.1, -0.05) is 42.5 Å². The van der Waals surface area contributed by atoms with Gasteiger partial charge in [0.1, 0.15) is 0 Å². The van der Waals surface area contributed by atoms with E-state index in [-0.39, 0.29) is 12.1 Å². The smallest absolute Gasteiger partial charge is 0.200 e. The molecule has 0 aliphatic carbocycles. The lowest BCUT2D eigenvalue weighted by Crippen LogP contribution is -2.40.